The lowest BCUT2D eigenvalue weighted by Crippen LogP contribution is -2.32. The van der Waals surface area contributed by atoms with Crippen molar-refractivity contribution in [3.05, 3.63) is 39.7 Å². The standard InChI is InChI=1S/C16H17F3N2O/c1-3-12-8(2)4-9-5-10-11(16(17,18)19)6-15(22)21-14(10)7-13(9)20-12/h5-8,12,20H,3-4H2,1-2H3,(H,21,22)/t8-,12+/m0/s1. The Kier molecular flexibility index (Phi) is 3.42. The van der Waals surface area contributed by atoms with E-state index in [1.165, 1.54) is 0 Å². The second-order valence-corrected chi connectivity index (χ2v) is 5.94. The summed E-state index contributed by atoms with van der Waals surface area (Å²) in [6.45, 7) is 4.16. The Morgan fingerprint density at radius 1 is 1.27 bits per heavy atom. The highest BCUT2D eigenvalue weighted by molar-refractivity contribution is 5.87. The Morgan fingerprint density at radius 3 is 2.64 bits per heavy atom. The SMILES string of the molecule is CC[C@H]1Nc2cc3[nH]c(=O)cc(C(F)(F)F)c3cc2C[C@@H]1C. The first-order chi connectivity index (χ1) is 10.3. The summed E-state index contributed by atoms with van der Waals surface area (Å²) in [6, 6.07) is 4.10. The molecule has 1 aliphatic heterocycles. The van der Waals surface area contributed by atoms with Crippen LogP contribution >= 0.6 is 0 Å². The maximum absolute atomic E-state index is 13.2. The highest BCUT2D eigenvalue weighted by Crippen LogP contribution is 2.37. The van der Waals surface area contributed by atoms with Crippen LogP contribution in [0.1, 0.15) is 31.4 Å². The van der Waals surface area contributed by atoms with Crippen molar-refractivity contribution in [1.82, 2.24) is 4.98 Å². The molecule has 2 atom stereocenters. The van der Waals surface area contributed by atoms with Crippen LogP contribution in [0.15, 0.2) is 23.0 Å². The average molecular weight is 310 g/mol. The summed E-state index contributed by atoms with van der Waals surface area (Å²) in [7, 11) is 0. The van der Waals surface area contributed by atoms with E-state index < -0.39 is 17.3 Å². The van der Waals surface area contributed by atoms with E-state index in [0.29, 0.717) is 18.0 Å². The largest absolute Gasteiger partial charge is 0.417 e. The molecule has 1 aliphatic rings. The first kappa shape index (κ1) is 14.9. The quantitative estimate of drug-likeness (QED) is 0.838. The first-order valence-corrected chi connectivity index (χ1v) is 7.33. The summed E-state index contributed by atoms with van der Waals surface area (Å²) in [4.78, 5) is 14.0. The zero-order valence-corrected chi connectivity index (χ0v) is 12.3. The molecule has 0 aliphatic carbocycles. The number of H-pyrrole nitrogens is 1. The number of alkyl halides is 3. The number of hydrogen-bond acceptors (Lipinski definition) is 2. The monoisotopic (exact) mass is 310 g/mol. The van der Waals surface area contributed by atoms with Gasteiger partial charge in [-0.05, 0) is 36.5 Å². The summed E-state index contributed by atoms with van der Waals surface area (Å²) in [5.41, 5.74) is 0.278. The van der Waals surface area contributed by atoms with Crippen molar-refractivity contribution in [3.63, 3.8) is 0 Å². The van der Waals surface area contributed by atoms with Gasteiger partial charge in [0.1, 0.15) is 0 Å². The number of rotatable bonds is 1. The van der Waals surface area contributed by atoms with Gasteiger partial charge in [-0.2, -0.15) is 13.2 Å². The molecule has 2 N–H and O–H groups in total. The highest BCUT2D eigenvalue weighted by atomic mass is 19.4. The van der Waals surface area contributed by atoms with Crippen LogP contribution in [0.2, 0.25) is 0 Å². The Balaban J connectivity index is 2.23. The number of fused-ring (bicyclic) bond motifs is 2. The fraction of sp³-hybridized carbons (Fsp3) is 0.438. The van der Waals surface area contributed by atoms with Gasteiger partial charge in [0.05, 0.1) is 11.1 Å². The molecule has 22 heavy (non-hydrogen) atoms. The van der Waals surface area contributed by atoms with Gasteiger partial charge in [-0.15, -0.1) is 0 Å². The average Bonchev–Trinajstić information content (AvgIpc) is 2.43. The van der Waals surface area contributed by atoms with Crippen molar-refractivity contribution in [2.75, 3.05) is 5.32 Å². The van der Waals surface area contributed by atoms with E-state index >= 15 is 0 Å². The van der Waals surface area contributed by atoms with Gasteiger partial charge in [0.15, 0.2) is 0 Å². The van der Waals surface area contributed by atoms with Crippen LogP contribution < -0.4 is 10.9 Å². The van der Waals surface area contributed by atoms with Crippen molar-refractivity contribution >= 4 is 16.6 Å². The Hall–Kier alpha value is -1.98. The van der Waals surface area contributed by atoms with Crippen LogP contribution in [0.4, 0.5) is 18.9 Å². The van der Waals surface area contributed by atoms with E-state index in [4.69, 9.17) is 0 Å². The molecule has 118 valence electrons. The van der Waals surface area contributed by atoms with Crippen molar-refractivity contribution in [2.45, 2.75) is 38.9 Å². The van der Waals surface area contributed by atoms with E-state index in [0.717, 1.165) is 24.1 Å². The van der Waals surface area contributed by atoms with Gasteiger partial charge in [0, 0.05) is 23.2 Å². The fourth-order valence-corrected chi connectivity index (χ4v) is 3.22. The number of halogens is 3. The van der Waals surface area contributed by atoms with E-state index in [1.807, 2.05) is 0 Å². The van der Waals surface area contributed by atoms with Crippen molar-refractivity contribution in [3.8, 4) is 0 Å². The lowest BCUT2D eigenvalue weighted by atomic mass is 9.86. The minimum atomic E-state index is -4.54. The van der Waals surface area contributed by atoms with Gasteiger partial charge in [-0.3, -0.25) is 4.79 Å². The van der Waals surface area contributed by atoms with Crippen LogP contribution in [0.3, 0.4) is 0 Å². The van der Waals surface area contributed by atoms with E-state index in [2.05, 4.69) is 24.1 Å². The number of aromatic nitrogens is 1. The number of aromatic amines is 1. The van der Waals surface area contributed by atoms with Gasteiger partial charge in [-0.1, -0.05) is 13.8 Å². The van der Waals surface area contributed by atoms with Crippen LogP contribution in [0.5, 0.6) is 0 Å². The van der Waals surface area contributed by atoms with Gasteiger partial charge in [0.2, 0.25) is 5.56 Å². The molecule has 3 nitrogen and oxygen atoms in total. The van der Waals surface area contributed by atoms with E-state index in [1.54, 1.807) is 12.1 Å². The second-order valence-electron chi connectivity index (χ2n) is 5.94. The van der Waals surface area contributed by atoms with Crippen molar-refractivity contribution in [1.29, 1.82) is 0 Å². The molecule has 2 heterocycles. The van der Waals surface area contributed by atoms with Crippen molar-refractivity contribution < 1.29 is 13.2 Å². The van der Waals surface area contributed by atoms with Crippen LogP contribution in [0.25, 0.3) is 10.9 Å². The molecule has 0 saturated carbocycles. The summed E-state index contributed by atoms with van der Waals surface area (Å²) in [5, 5.41) is 3.41. The fourth-order valence-electron chi connectivity index (χ4n) is 3.22. The molecule has 2 aromatic rings. The lowest BCUT2D eigenvalue weighted by molar-refractivity contribution is -0.136. The second kappa shape index (κ2) is 5.04. The predicted molar refractivity (Wildman–Crippen MR) is 80.1 cm³/mol. The summed E-state index contributed by atoms with van der Waals surface area (Å²) in [6.07, 6.45) is -2.87. The first-order valence-electron chi connectivity index (χ1n) is 7.33. The molecule has 1 aromatic heterocycles. The van der Waals surface area contributed by atoms with E-state index in [9.17, 15) is 18.0 Å². The summed E-state index contributed by atoms with van der Waals surface area (Å²) >= 11 is 0. The predicted octanol–water partition coefficient (Wildman–Crippen LogP) is 3.93. The zero-order chi connectivity index (χ0) is 16.1. The molecule has 6 heteroatoms. The molecule has 3 rings (SSSR count). The number of nitrogens with one attached hydrogen (secondary N) is 2. The Morgan fingerprint density at radius 2 is 2.00 bits per heavy atom. The van der Waals surface area contributed by atoms with Crippen LogP contribution in [0, 0.1) is 5.92 Å². The van der Waals surface area contributed by atoms with Crippen LogP contribution in [-0.4, -0.2) is 11.0 Å². The molecule has 0 fully saturated rings. The number of anilines is 1. The minimum absolute atomic E-state index is 0.0507. The smallest absolute Gasteiger partial charge is 0.382 e. The maximum Gasteiger partial charge on any atom is 0.417 e. The molecule has 0 amide bonds. The molecule has 0 spiro atoms. The maximum atomic E-state index is 13.2. The van der Waals surface area contributed by atoms with Gasteiger partial charge in [0.25, 0.3) is 0 Å². The number of benzene rings is 1. The van der Waals surface area contributed by atoms with Crippen molar-refractivity contribution in [2.24, 2.45) is 5.92 Å². The third kappa shape index (κ3) is 2.46. The number of hydrogen-bond donors (Lipinski definition) is 2. The molecule has 0 unspecified atom stereocenters. The Bertz CT molecular complexity index is 779. The molecular weight excluding hydrogens is 293 g/mol. The molecule has 0 radical (unpaired) electrons. The Labute approximate surface area is 125 Å². The summed E-state index contributed by atoms with van der Waals surface area (Å²) in [5.74, 6) is 0.354. The molecule has 0 saturated heterocycles. The van der Waals surface area contributed by atoms with Crippen LogP contribution in [-0.2, 0) is 12.6 Å². The molecular formula is C16H17F3N2O. The topological polar surface area (TPSA) is 44.9 Å². The third-order valence-corrected chi connectivity index (χ3v) is 4.38. The minimum Gasteiger partial charge on any atom is -0.382 e. The van der Waals surface area contributed by atoms with Gasteiger partial charge in [-0.25, -0.2) is 0 Å². The third-order valence-electron chi connectivity index (χ3n) is 4.38. The normalized spacial score (nSPS) is 21.5. The summed E-state index contributed by atoms with van der Waals surface area (Å²) < 4.78 is 39.5. The number of pyridine rings is 1. The molecule has 0 bridgehead atoms. The van der Waals surface area contributed by atoms with Gasteiger partial charge < -0.3 is 10.3 Å². The highest BCUT2D eigenvalue weighted by Gasteiger charge is 2.34. The molecule has 1 aromatic carbocycles. The van der Waals surface area contributed by atoms with Gasteiger partial charge >= 0.3 is 6.18 Å². The van der Waals surface area contributed by atoms with E-state index in [-0.39, 0.29) is 10.9 Å². The lowest BCUT2D eigenvalue weighted by Gasteiger charge is -2.32. The zero-order valence-electron chi connectivity index (χ0n) is 12.3.